The standard InChI is InChI=1S/C19H24N2S/c1-12-8-13(2)10-18(9-12)21-19(22)20-16(5)17-7-6-14(3)15(4)11-17/h6-11,16H,1-5H3,(H2,20,21,22)/t16-/m1/s1. The minimum Gasteiger partial charge on any atom is -0.356 e. The van der Waals surface area contributed by atoms with Crippen LogP contribution in [0.4, 0.5) is 5.69 Å². The van der Waals surface area contributed by atoms with E-state index in [0.717, 1.165) is 5.69 Å². The molecule has 2 nitrogen and oxygen atoms in total. The van der Waals surface area contributed by atoms with E-state index in [1.165, 1.54) is 27.8 Å². The summed E-state index contributed by atoms with van der Waals surface area (Å²) < 4.78 is 0. The fourth-order valence-electron chi connectivity index (χ4n) is 2.53. The molecule has 0 bridgehead atoms. The molecule has 0 amide bonds. The lowest BCUT2D eigenvalue weighted by atomic mass is 10.0. The van der Waals surface area contributed by atoms with Crippen molar-refractivity contribution in [3.05, 3.63) is 64.2 Å². The molecular weight excluding hydrogens is 288 g/mol. The first-order valence-corrected chi connectivity index (χ1v) is 7.99. The van der Waals surface area contributed by atoms with E-state index in [2.05, 4.69) is 81.7 Å². The van der Waals surface area contributed by atoms with E-state index >= 15 is 0 Å². The lowest BCUT2D eigenvalue weighted by Crippen LogP contribution is -2.31. The number of rotatable bonds is 3. The van der Waals surface area contributed by atoms with Crippen LogP contribution >= 0.6 is 12.2 Å². The van der Waals surface area contributed by atoms with Crippen molar-refractivity contribution >= 4 is 23.0 Å². The summed E-state index contributed by atoms with van der Waals surface area (Å²) in [6.45, 7) is 10.6. The zero-order chi connectivity index (χ0) is 16.3. The highest BCUT2D eigenvalue weighted by Crippen LogP contribution is 2.18. The summed E-state index contributed by atoms with van der Waals surface area (Å²) >= 11 is 5.44. The van der Waals surface area contributed by atoms with Gasteiger partial charge in [-0.3, -0.25) is 0 Å². The highest BCUT2D eigenvalue weighted by molar-refractivity contribution is 7.80. The van der Waals surface area contributed by atoms with E-state index in [1.54, 1.807) is 0 Å². The topological polar surface area (TPSA) is 24.1 Å². The lowest BCUT2D eigenvalue weighted by molar-refractivity contribution is 0.721. The maximum atomic E-state index is 5.44. The minimum atomic E-state index is 0.171. The normalized spacial score (nSPS) is 11.9. The smallest absolute Gasteiger partial charge is 0.171 e. The molecule has 2 aromatic rings. The molecular formula is C19H24N2S. The van der Waals surface area contributed by atoms with Crippen molar-refractivity contribution in [3.8, 4) is 0 Å². The van der Waals surface area contributed by atoms with E-state index in [1.807, 2.05) is 0 Å². The molecule has 2 aromatic carbocycles. The Morgan fingerprint density at radius 3 is 2.14 bits per heavy atom. The predicted molar refractivity (Wildman–Crippen MR) is 99.6 cm³/mol. The number of nitrogens with one attached hydrogen (secondary N) is 2. The SMILES string of the molecule is Cc1cc(C)cc(NC(=S)N[C@H](C)c2ccc(C)c(C)c2)c1. The Balaban J connectivity index is 2.03. The molecule has 3 heteroatoms. The van der Waals surface area contributed by atoms with Crippen LogP contribution in [-0.4, -0.2) is 5.11 Å². The fourth-order valence-corrected chi connectivity index (χ4v) is 2.82. The molecule has 0 aliphatic carbocycles. The van der Waals surface area contributed by atoms with Gasteiger partial charge in [-0.1, -0.05) is 24.3 Å². The molecule has 0 aliphatic heterocycles. The quantitative estimate of drug-likeness (QED) is 0.783. The summed E-state index contributed by atoms with van der Waals surface area (Å²) in [7, 11) is 0. The van der Waals surface area contributed by atoms with Crippen molar-refractivity contribution in [2.24, 2.45) is 0 Å². The predicted octanol–water partition coefficient (Wildman–Crippen LogP) is 4.97. The third-order valence-corrected chi connectivity index (χ3v) is 4.08. The summed E-state index contributed by atoms with van der Waals surface area (Å²) in [6.07, 6.45) is 0. The number of hydrogen-bond acceptors (Lipinski definition) is 1. The molecule has 0 heterocycles. The summed E-state index contributed by atoms with van der Waals surface area (Å²) in [5.74, 6) is 0. The number of anilines is 1. The average Bonchev–Trinajstić information content (AvgIpc) is 2.40. The zero-order valence-corrected chi connectivity index (χ0v) is 14.8. The van der Waals surface area contributed by atoms with Gasteiger partial charge in [-0.25, -0.2) is 0 Å². The van der Waals surface area contributed by atoms with Crippen molar-refractivity contribution in [1.29, 1.82) is 0 Å². The number of thiocarbonyl (C=S) groups is 1. The highest BCUT2D eigenvalue weighted by Gasteiger charge is 2.08. The first-order valence-electron chi connectivity index (χ1n) is 7.58. The molecule has 0 fully saturated rings. The maximum Gasteiger partial charge on any atom is 0.171 e. The molecule has 116 valence electrons. The first-order chi connectivity index (χ1) is 10.3. The van der Waals surface area contributed by atoms with Crippen molar-refractivity contribution in [2.75, 3.05) is 5.32 Å². The van der Waals surface area contributed by atoms with E-state index in [0.29, 0.717) is 5.11 Å². The van der Waals surface area contributed by atoms with E-state index in [-0.39, 0.29) is 6.04 Å². The Bertz CT molecular complexity index is 672. The van der Waals surface area contributed by atoms with Crippen LogP contribution in [0.1, 0.15) is 40.8 Å². The molecule has 0 aliphatic rings. The summed E-state index contributed by atoms with van der Waals surface area (Å²) in [4.78, 5) is 0. The van der Waals surface area contributed by atoms with Crippen LogP contribution in [0.3, 0.4) is 0 Å². The van der Waals surface area contributed by atoms with Crippen molar-refractivity contribution in [2.45, 2.75) is 40.7 Å². The zero-order valence-electron chi connectivity index (χ0n) is 13.9. The minimum absolute atomic E-state index is 0.171. The maximum absolute atomic E-state index is 5.44. The Kier molecular flexibility index (Phi) is 5.19. The van der Waals surface area contributed by atoms with Gasteiger partial charge >= 0.3 is 0 Å². The molecule has 2 rings (SSSR count). The third kappa shape index (κ3) is 4.31. The molecule has 0 saturated carbocycles. The van der Waals surface area contributed by atoms with Crippen LogP contribution in [0.2, 0.25) is 0 Å². The van der Waals surface area contributed by atoms with Crippen LogP contribution in [0.15, 0.2) is 36.4 Å². The molecule has 2 N–H and O–H groups in total. The van der Waals surface area contributed by atoms with Crippen molar-refractivity contribution < 1.29 is 0 Å². The number of benzene rings is 2. The van der Waals surface area contributed by atoms with Gasteiger partial charge in [-0.15, -0.1) is 0 Å². The molecule has 0 aromatic heterocycles. The van der Waals surface area contributed by atoms with Gasteiger partial charge < -0.3 is 10.6 Å². The molecule has 0 unspecified atom stereocenters. The van der Waals surface area contributed by atoms with Crippen molar-refractivity contribution in [3.63, 3.8) is 0 Å². The Morgan fingerprint density at radius 2 is 1.55 bits per heavy atom. The van der Waals surface area contributed by atoms with Gasteiger partial charge in [0.05, 0.1) is 6.04 Å². The van der Waals surface area contributed by atoms with Gasteiger partial charge in [0.1, 0.15) is 0 Å². The van der Waals surface area contributed by atoms with Crippen LogP contribution in [-0.2, 0) is 0 Å². The van der Waals surface area contributed by atoms with Gasteiger partial charge in [0.2, 0.25) is 0 Å². The van der Waals surface area contributed by atoms with Gasteiger partial charge in [0.15, 0.2) is 5.11 Å². The van der Waals surface area contributed by atoms with Crippen LogP contribution in [0.5, 0.6) is 0 Å². The van der Waals surface area contributed by atoms with Crippen LogP contribution in [0.25, 0.3) is 0 Å². The lowest BCUT2D eigenvalue weighted by Gasteiger charge is -2.18. The van der Waals surface area contributed by atoms with E-state index in [9.17, 15) is 0 Å². The van der Waals surface area contributed by atoms with Crippen LogP contribution < -0.4 is 10.6 Å². The monoisotopic (exact) mass is 312 g/mol. The van der Waals surface area contributed by atoms with Gasteiger partial charge in [0.25, 0.3) is 0 Å². The third-order valence-electron chi connectivity index (χ3n) is 3.86. The number of hydrogen-bond donors (Lipinski definition) is 2. The fraction of sp³-hybridized carbons (Fsp3) is 0.316. The summed E-state index contributed by atoms with van der Waals surface area (Å²) in [5.41, 5.74) is 7.35. The second kappa shape index (κ2) is 6.93. The molecule has 0 radical (unpaired) electrons. The van der Waals surface area contributed by atoms with E-state index in [4.69, 9.17) is 12.2 Å². The van der Waals surface area contributed by atoms with E-state index < -0.39 is 0 Å². The Morgan fingerprint density at radius 1 is 0.909 bits per heavy atom. The molecule has 0 spiro atoms. The largest absolute Gasteiger partial charge is 0.356 e. The van der Waals surface area contributed by atoms with Gasteiger partial charge in [0, 0.05) is 5.69 Å². The van der Waals surface area contributed by atoms with Gasteiger partial charge in [-0.2, -0.15) is 0 Å². The Labute approximate surface area is 139 Å². The summed E-state index contributed by atoms with van der Waals surface area (Å²) in [5, 5.41) is 7.27. The first kappa shape index (κ1) is 16.5. The summed E-state index contributed by atoms with van der Waals surface area (Å²) in [6, 6.07) is 13.0. The second-order valence-electron chi connectivity index (χ2n) is 6.04. The number of aryl methyl sites for hydroxylation is 4. The second-order valence-corrected chi connectivity index (χ2v) is 6.45. The van der Waals surface area contributed by atoms with Crippen LogP contribution in [0, 0.1) is 27.7 Å². The van der Waals surface area contributed by atoms with Gasteiger partial charge in [-0.05, 0) is 86.8 Å². The molecule has 22 heavy (non-hydrogen) atoms. The van der Waals surface area contributed by atoms with Crippen molar-refractivity contribution in [1.82, 2.24) is 5.32 Å². The molecule has 0 saturated heterocycles. The molecule has 1 atom stereocenters. The Hall–Kier alpha value is -1.87. The highest BCUT2D eigenvalue weighted by atomic mass is 32.1. The average molecular weight is 312 g/mol.